The van der Waals surface area contributed by atoms with Crippen molar-refractivity contribution in [1.82, 2.24) is 10.3 Å². The van der Waals surface area contributed by atoms with Crippen LogP contribution in [0, 0.1) is 0 Å². The van der Waals surface area contributed by atoms with Crippen molar-refractivity contribution in [1.29, 1.82) is 0 Å². The zero-order chi connectivity index (χ0) is 14.2. The highest BCUT2D eigenvalue weighted by atomic mass is 35.5. The molecule has 22 heavy (non-hydrogen) atoms. The predicted octanol–water partition coefficient (Wildman–Crippen LogP) is 3.22. The van der Waals surface area contributed by atoms with Crippen molar-refractivity contribution in [3.05, 3.63) is 59.9 Å². The van der Waals surface area contributed by atoms with Crippen molar-refractivity contribution in [3.8, 4) is 0 Å². The Morgan fingerprint density at radius 1 is 1.00 bits per heavy atom. The van der Waals surface area contributed by atoms with Gasteiger partial charge in [-0.15, -0.1) is 24.8 Å². The maximum atomic E-state index is 11.9. The average Bonchev–Trinajstić information content (AvgIpc) is 2.49. The number of aromatic nitrogens is 1. The number of halogens is 2. The summed E-state index contributed by atoms with van der Waals surface area (Å²) >= 11 is 0. The maximum absolute atomic E-state index is 11.9. The highest BCUT2D eigenvalue weighted by Gasteiger charge is 2.03. The summed E-state index contributed by atoms with van der Waals surface area (Å²) in [6.45, 7) is 0.830. The Kier molecular flexibility index (Phi) is 10.2. The minimum absolute atomic E-state index is 0. The summed E-state index contributed by atoms with van der Waals surface area (Å²) in [5.41, 5.74) is 3.16. The summed E-state index contributed by atoms with van der Waals surface area (Å²) in [4.78, 5) is 15.8. The summed E-state index contributed by atoms with van der Waals surface area (Å²) in [6.07, 6.45) is 4.69. The van der Waals surface area contributed by atoms with Crippen LogP contribution in [0.25, 0.3) is 0 Å². The van der Waals surface area contributed by atoms with Crippen LogP contribution < -0.4 is 10.6 Å². The Hall–Kier alpha value is -1.62. The van der Waals surface area contributed by atoms with Crippen molar-refractivity contribution in [2.24, 2.45) is 0 Å². The van der Waals surface area contributed by atoms with Crippen LogP contribution in [0.4, 0.5) is 5.69 Å². The Bertz CT molecular complexity index is 547. The number of carbonyl (C=O) groups excluding carboxylic acids is 1. The van der Waals surface area contributed by atoms with Gasteiger partial charge in [0.25, 0.3) is 0 Å². The fourth-order valence-corrected chi connectivity index (χ4v) is 1.94. The van der Waals surface area contributed by atoms with Crippen LogP contribution in [-0.4, -0.2) is 17.9 Å². The summed E-state index contributed by atoms with van der Waals surface area (Å²) in [7, 11) is 1.91. The first-order valence-corrected chi connectivity index (χ1v) is 6.70. The molecule has 2 N–H and O–H groups in total. The Balaban J connectivity index is 0.00000220. The second kappa shape index (κ2) is 11.0. The number of benzene rings is 1. The smallest absolute Gasteiger partial charge is 0.224 e. The summed E-state index contributed by atoms with van der Waals surface area (Å²) in [5, 5.41) is 6.00. The van der Waals surface area contributed by atoms with E-state index < -0.39 is 0 Å². The van der Waals surface area contributed by atoms with E-state index in [-0.39, 0.29) is 30.7 Å². The van der Waals surface area contributed by atoms with E-state index in [1.54, 1.807) is 12.4 Å². The van der Waals surface area contributed by atoms with Crippen molar-refractivity contribution >= 4 is 36.4 Å². The lowest BCUT2D eigenvalue weighted by Gasteiger charge is -2.06. The van der Waals surface area contributed by atoms with E-state index >= 15 is 0 Å². The molecule has 0 unspecified atom stereocenters. The van der Waals surface area contributed by atoms with Gasteiger partial charge < -0.3 is 10.6 Å². The molecule has 0 saturated carbocycles. The van der Waals surface area contributed by atoms with E-state index in [0.717, 1.165) is 24.2 Å². The first-order valence-electron chi connectivity index (χ1n) is 6.70. The molecule has 120 valence electrons. The first-order chi connectivity index (χ1) is 9.78. The van der Waals surface area contributed by atoms with E-state index in [4.69, 9.17) is 0 Å². The fraction of sp³-hybridized carbons (Fsp3) is 0.250. The van der Waals surface area contributed by atoms with Crippen LogP contribution in [0.2, 0.25) is 0 Å². The number of hydrogen-bond acceptors (Lipinski definition) is 3. The molecule has 1 aromatic heterocycles. The number of rotatable bonds is 6. The lowest BCUT2D eigenvalue weighted by atomic mass is 10.1. The van der Waals surface area contributed by atoms with Gasteiger partial charge >= 0.3 is 0 Å². The zero-order valence-corrected chi connectivity index (χ0v) is 14.0. The average molecular weight is 342 g/mol. The molecule has 4 nitrogen and oxygen atoms in total. The molecular weight excluding hydrogens is 321 g/mol. The van der Waals surface area contributed by atoms with Crippen molar-refractivity contribution in [2.75, 3.05) is 12.4 Å². The molecular formula is C16H21Cl2N3O. The molecule has 0 radical (unpaired) electrons. The van der Waals surface area contributed by atoms with Gasteiger partial charge in [-0.05, 0) is 48.9 Å². The van der Waals surface area contributed by atoms with E-state index in [1.165, 1.54) is 5.56 Å². The van der Waals surface area contributed by atoms with Gasteiger partial charge in [-0.2, -0.15) is 0 Å². The zero-order valence-electron chi connectivity index (χ0n) is 12.4. The van der Waals surface area contributed by atoms with Gasteiger partial charge in [0.05, 0.1) is 0 Å². The Morgan fingerprint density at radius 2 is 1.64 bits per heavy atom. The number of carbonyl (C=O) groups is 1. The third-order valence-corrected chi connectivity index (χ3v) is 3.01. The van der Waals surface area contributed by atoms with Crippen molar-refractivity contribution in [2.45, 2.75) is 19.4 Å². The monoisotopic (exact) mass is 341 g/mol. The SMILES string of the molecule is CNCc1ccc(NC(=O)CCc2ccncc2)cc1.Cl.Cl. The van der Waals surface area contributed by atoms with E-state index in [9.17, 15) is 4.79 Å². The minimum Gasteiger partial charge on any atom is -0.326 e. The summed E-state index contributed by atoms with van der Waals surface area (Å²) < 4.78 is 0. The topological polar surface area (TPSA) is 54.0 Å². The molecule has 2 aromatic rings. The minimum atomic E-state index is 0. The molecule has 0 bridgehead atoms. The second-order valence-corrected chi connectivity index (χ2v) is 4.63. The summed E-state index contributed by atoms with van der Waals surface area (Å²) in [5.74, 6) is 0.0307. The number of amides is 1. The predicted molar refractivity (Wildman–Crippen MR) is 94.9 cm³/mol. The molecule has 1 amide bonds. The highest BCUT2D eigenvalue weighted by molar-refractivity contribution is 5.90. The van der Waals surface area contributed by atoms with Crippen LogP contribution in [0.15, 0.2) is 48.8 Å². The standard InChI is InChI=1S/C16H19N3O.2ClH/c1-17-12-14-2-5-15(6-3-14)19-16(20)7-4-13-8-10-18-11-9-13;;/h2-3,5-6,8-11,17H,4,7,12H2,1H3,(H,19,20);2*1H. The molecule has 0 atom stereocenters. The molecule has 2 rings (SSSR count). The van der Waals surface area contributed by atoms with E-state index in [1.807, 2.05) is 43.4 Å². The Morgan fingerprint density at radius 3 is 2.23 bits per heavy atom. The molecule has 1 heterocycles. The normalized spacial score (nSPS) is 9.32. The van der Waals surface area contributed by atoms with Crippen LogP contribution in [0.5, 0.6) is 0 Å². The molecule has 1 aromatic carbocycles. The molecule has 0 aliphatic carbocycles. The van der Waals surface area contributed by atoms with Gasteiger partial charge in [-0.25, -0.2) is 0 Å². The van der Waals surface area contributed by atoms with Crippen LogP contribution in [-0.2, 0) is 17.8 Å². The van der Waals surface area contributed by atoms with Gasteiger partial charge in [-0.3, -0.25) is 9.78 Å². The van der Waals surface area contributed by atoms with Gasteiger partial charge in [0.2, 0.25) is 5.91 Å². The van der Waals surface area contributed by atoms with Crippen molar-refractivity contribution in [3.63, 3.8) is 0 Å². The number of anilines is 1. The largest absolute Gasteiger partial charge is 0.326 e. The quantitative estimate of drug-likeness (QED) is 0.848. The van der Waals surface area contributed by atoms with Gasteiger partial charge in [0.1, 0.15) is 0 Å². The third-order valence-electron chi connectivity index (χ3n) is 3.01. The highest BCUT2D eigenvalue weighted by Crippen LogP contribution is 2.10. The summed E-state index contributed by atoms with van der Waals surface area (Å²) in [6, 6.07) is 11.7. The molecule has 0 aliphatic rings. The molecule has 6 heteroatoms. The lowest BCUT2D eigenvalue weighted by Crippen LogP contribution is -2.12. The third kappa shape index (κ3) is 6.89. The van der Waals surface area contributed by atoms with Crippen LogP contribution in [0.1, 0.15) is 17.5 Å². The number of hydrogen-bond donors (Lipinski definition) is 2. The van der Waals surface area contributed by atoms with Gasteiger partial charge in [0.15, 0.2) is 0 Å². The van der Waals surface area contributed by atoms with Crippen LogP contribution >= 0.6 is 24.8 Å². The molecule has 0 aliphatic heterocycles. The first kappa shape index (κ1) is 20.4. The number of pyridine rings is 1. The second-order valence-electron chi connectivity index (χ2n) is 4.63. The van der Waals surface area contributed by atoms with E-state index in [0.29, 0.717) is 6.42 Å². The fourth-order valence-electron chi connectivity index (χ4n) is 1.94. The molecule has 0 spiro atoms. The molecule has 0 saturated heterocycles. The number of nitrogens with zero attached hydrogens (tertiary/aromatic N) is 1. The maximum Gasteiger partial charge on any atom is 0.224 e. The number of aryl methyl sites for hydroxylation is 1. The molecule has 0 fully saturated rings. The van der Waals surface area contributed by atoms with Crippen molar-refractivity contribution < 1.29 is 4.79 Å². The Labute approximate surface area is 143 Å². The van der Waals surface area contributed by atoms with Crippen LogP contribution in [0.3, 0.4) is 0 Å². The number of nitrogens with one attached hydrogen (secondary N) is 2. The van der Waals surface area contributed by atoms with Gasteiger partial charge in [0, 0.05) is 31.0 Å². The van der Waals surface area contributed by atoms with E-state index in [2.05, 4.69) is 15.6 Å². The lowest BCUT2D eigenvalue weighted by molar-refractivity contribution is -0.116. The van der Waals surface area contributed by atoms with Gasteiger partial charge in [-0.1, -0.05) is 12.1 Å².